The number of nitrogens with one attached hydrogen (secondary N) is 1. The van der Waals surface area contributed by atoms with Gasteiger partial charge in [0.25, 0.3) is 5.91 Å². The maximum Gasteiger partial charge on any atom is 0.257 e. The van der Waals surface area contributed by atoms with Crippen LogP contribution in [0.3, 0.4) is 0 Å². The number of anilines is 1. The molecule has 0 fully saturated rings. The van der Waals surface area contributed by atoms with Gasteiger partial charge in [0.05, 0.1) is 5.57 Å². The molecule has 3 heteroatoms. The molecule has 0 saturated heterocycles. The Kier molecular flexibility index (Phi) is 3.70. The SMILES string of the molecule is O=C(Nc1ccccc1)C1=C(Br)CCc2ccccc21. The lowest BCUT2D eigenvalue weighted by molar-refractivity contribution is -0.111. The van der Waals surface area contributed by atoms with Crippen molar-refractivity contribution in [1.82, 2.24) is 0 Å². The van der Waals surface area contributed by atoms with E-state index in [2.05, 4.69) is 27.3 Å². The maximum absolute atomic E-state index is 12.5. The highest BCUT2D eigenvalue weighted by Gasteiger charge is 2.22. The number of fused-ring (bicyclic) bond motifs is 1. The molecule has 1 N–H and O–H groups in total. The molecule has 0 radical (unpaired) electrons. The normalized spacial score (nSPS) is 13.8. The molecule has 0 saturated carbocycles. The number of carbonyl (C=O) groups excluding carboxylic acids is 1. The number of rotatable bonds is 2. The molecular formula is C17H14BrNO. The van der Waals surface area contributed by atoms with Crippen LogP contribution in [-0.4, -0.2) is 5.91 Å². The van der Waals surface area contributed by atoms with Gasteiger partial charge in [0.2, 0.25) is 0 Å². The van der Waals surface area contributed by atoms with Crippen molar-refractivity contribution in [2.75, 3.05) is 5.32 Å². The van der Waals surface area contributed by atoms with Gasteiger partial charge in [-0.25, -0.2) is 0 Å². The lowest BCUT2D eigenvalue weighted by atomic mass is 9.90. The standard InChI is InChI=1S/C17H14BrNO/c18-15-11-10-12-6-4-5-9-14(12)16(15)17(20)19-13-7-2-1-3-8-13/h1-9H,10-11H2,(H,19,20). The van der Waals surface area contributed by atoms with Gasteiger partial charge in [-0.05, 0) is 36.1 Å². The van der Waals surface area contributed by atoms with Gasteiger partial charge >= 0.3 is 0 Å². The fourth-order valence-electron chi connectivity index (χ4n) is 2.46. The van der Waals surface area contributed by atoms with Gasteiger partial charge in [-0.2, -0.15) is 0 Å². The van der Waals surface area contributed by atoms with Crippen molar-refractivity contribution < 1.29 is 4.79 Å². The van der Waals surface area contributed by atoms with Crippen LogP contribution >= 0.6 is 15.9 Å². The topological polar surface area (TPSA) is 29.1 Å². The Labute approximate surface area is 126 Å². The first-order valence-electron chi connectivity index (χ1n) is 6.59. The first kappa shape index (κ1) is 13.1. The lowest BCUT2D eigenvalue weighted by Gasteiger charge is -2.20. The van der Waals surface area contributed by atoms with Crippen molar-refractivity contribution in [1.29, 1.82) is 0 Å². The summed E-state index contributed by atoms with van der Waals surface area (Å²) >= 11 is 3.56. The molecule has 100 valence electrons. The summed E-state index contributed by atoms with van der Waals surface area (Å²) < 4.78 is 0.977. The predicted octanol–water partition coefficient (Wildman–Crippen LogP) is 4.38. The van der Waals surface area contributed by atoms with Gasteiger partial charge in [-0.3, -0.25) is 4.79 Å². The van der Waals surface area contributed by atoms with Crippen LogP contribution in [0.15, 0.2) is 59.1 Å². The summed E-state index contributed by atoms with van der Waals surface area (Å²) in [5.41, 5.74) is 3.82. The molecular weight excluding hydrogens is 314 g/mol. The molecule has 3 rings (SSSR count). The molecule has 2 aromatic carbocycles. The molecule has 0 atom stereocenters. The molecule has 2 aromatic rings. The summed E-state index contributed by atoms with van der Waals surface area (Å²) in [5, 5.41) is 2.96. The third-order valence-corrected chi connectivity index (χ3v) is 4.22. The number of para-hydroxylation sites is 1. The Morgan fingerprint density at radius 2 is 1.65 bits per heavy atom. The zero-order valence-electron chi connectivity index (χ0n) is 10.9. The smallest absolute Gasteiger partial charge is 0.257 e. The summed E-state index contributed by atoms with van der Waals surface area (Å²) in [4.78, 5) is 12.5. The van der Waals surface area contributed by atoms with E-state index in [1.165, 1.54) is 5.56 Å². The molecule has 1 aliphatic carbocycles. The minimum atomic E-state index is -0.0600. The molecule has 1 amide bonds. The van der Waals surface area contributed by atoms with Crippen molar-refractivity contribution in [3.05, 3.63) is 70.2 Å². The van der Waals surface area contributed by atoms with E-state index in [9.17, 15) is 4.79 Å². The van der Waals surface area contributed by atoms with Crippen molar-refractivity contribution in [2.24, 2.45) is 0 Å². The second-order valence-corrected chi connectivity index (χ2v) is 5.71. The summed E-state index contributed by atoms with van der Waals surface area (Å²) in [5.74, 6) is -0.0600. The Balaban J connectivity index is 1.94. The highest BCUT2D eigenvalue weighted by molar-refractivity contribution is 9.11. The Morgan fingerprint density at radius 3 is 2.45 bits per heavy atom. The van der Waals surface area contributed by atoms with Crippen LogP contribution in [0.4, 0.5) is 5.69 Å². The van der Waals surface area contributed by atoms with Crippen LogP contribution < -0.4 is 5.32 Å². The molecule has 1 aliphatic rings. The van der Waals surface area contributed by atoms with E-state index in [4.69, 9.17) is 0 Å². The van der Waals surface area contributed by atoms with Crippen LogP contribution in [-0.2, 0) is 11.2 Å². The fourth-order valence-corrected chi connectivity index (χ4v) is 3.05. The van der Waals surface area contributed by atoms with E-state index in [-0.39, 0.29) is 5.91 Å². The van der Waals surface area contributed by atoms with E-state index in [0.29, 0.717) is 0 Å². The molecule has 2 nitrogen and oxygen atoms in total. The van der Waals surface area contributed by atoms with Crippen molar-refractivity contribution in [2.45, 2.75) is 12.8 Å². The quantitative estimate of drug-likeness (QED) is 0.871. The van der Waals surface area contributed by atoms with E-state index in [1.807, 2.05) is 48.5 Å². The zero-order chi connectivity index (χ0) is 13.9. The lowest BCUT2D eigenvalue weighted by Crippen LogP contribution is -2.17. The van der Waals surface area contributed by atoms with E-state index in [1.54, 1.807) is 0 Å². The highest BCUT2D eigenvalue weighted by atomic mass is 79.9. The first-order chi connectivity index (χ1) is 9.75. The summed E-state index contributed by atoms with van der Waals surface area (Å²) in [6.07, 6.45) is 1.84. The number of halogens is 1. The largest absolute Gasteiger partial charge is 0.322 e. The third-order valence-electron chi connectivity index (χ3n) is 3.43. The van der Waals surface area contributed by atoms with Crippen LogP contribution in [0, 0.1) is 0 Å². The molecule has 0 unspecified atom stereocenters. The van der Waals surface area contributed by atoms with Crippen LogP contribution in [0.1, 0.15) is 17.5 Å². The molecule has 0 aliphatic heterocycles. The van der Waals surface area contributed by atoms with Crippen LogP contribution in [0.2, 0.25) is 0 Å². The number of carbonyl (C=O) groups is 1. The third kappa shape index (κ3) is 2.54. The van der Waals surface area contributed by atoms with E-state index >= 15 is 0 Å². The average Bonchev–Trinajstić information content (AvgIpc) is 2.48. The second kappa shape index (κ2) is 5.63. The van der Waals surface area contributed by atoms with Gasteiger partial charge in [-0.1, -0.05) is 58.4 Å². The Hall–Kier alpha value is -1.87. The van der Waals surface area contributed by atoms with Crippen LogP contribution in [0.5, 0.6) is 0 Å². The minimum absolute atomic E-state index is 0.0600. The predicted molar refractivity (Wildman–Crippen MR) is 85.7 cm³/mol. The van der Waals surface area contributed by atoms with Gasteiger partial charge in [0.15, 0.2) is 0 Å². The molecule has 0 heterocycles. The Bertz CT molecular complexity index is 676. The van der Waals surface area contributed by atoms with Crippen molar-refractivity contribution in [3.8, 4) is 0 Å². The number of hydrogen-bond donors (Lipinski definition) is 1. The van der Waals surface area contributed by atoms with Gasteiger partial charge < -0.3 is 5.32 Å². The van der Waals surface area contributed by atoms with E-state index in [0.717, 1.165) is 34.1 Å². The highest BCUT2D eigenvalue weighted by Crippen LogP contribution is 2.35. The van der Waals surface area contributed by atoms with Crippen LogP contribution in [0.25, 0.3) is 5.57 Å². The molecule has 0 bridgehead atoms. The fraction of sp³-hybridized carbons (Fsp3) is 0.118. The number of aryl methyl sites for hydroxylation is 1. The van der Waals surface area contributed by atoms with Crippen molar-refractivity contribution in [3.63, 3.8) is 0 Å². The molecule has 0 aromatic heterocycles. The van der Waals surface area contributed by atoms with Crippen molar-refractivity contribution >= 4 is 33.1 Å². The molecule has 20 heavy (non-hydrogen) atoms. The maximum atomic E-state index is 12.5. The Morgan fingerprint density at radius 1 is 0.950 bits per heavy atom. The second-order valence-electron chi connectivity index (χ2n) is 4.76. The summed E-state index contributed by atoms with van der Waals surface area (Å²) in [7, 11) is 0. The van der Waals surface area contributed by atoms with Gasteiger partial charge in [-0.15, -0.1) is 0 Å². The first-order valence-corrected chi connectivity index (χ1v) is 7.38. The summed E-state index contributed by atoms with van der Waals surface area (Å²) in [6, 6.07) is 17.6. The molecule has 0 spiro atoms. The van der Waals surface area contributed by atoms with Gasteiger partial charge in [0.1, 0.15) is 0 Å². The minimum Gasteiger partial charge on any atom is -0.322 e. The van der Waals surface area contributed by atoms with Gasteiger partial charge in [0, 0.05) is 10.2 Å². The zero-order valence-corrected chi connectivity index (χ0v) is 12.5. The number of allylic oxidation sites excluding steroid dienone is 1. The average molecular weight is 328 g/mol. The summed E-state index contributed by atoms with van der Waals surface area (Å²) in [6.45, 7) is 0. The number of hydrogen-bond acceptors (Lipinski definition) is 1. The van der Waals surface area contributed by atoms with E-state index < -0.39 is 0 Å². The number of benzene rings is 2. The monoisotopic (exact) mass is 327 g/mol. The number of amides is 1.